The van der Waals surface area contributed by atoms with Crippen LogP contribution >= 0.6 is 0 Å². The van der Waals surface area contributed by atoms with Crippen LogP contribution in [0, 0.1) is 0 Å². The monoisotopic (exact) mass is 380 g/mol. The number of hydrogen-bond donors (Lipinski definition) is 3. The van der Waals surface area contributed by atoms with Crippen LogP contribution in [-0.4, -0.2) is 87.2 Å². The van der Waals surface area contributed by atoms with Crippen LogP contribution < -0.4 is 0 Å². The van der Waals surface area contributed by atoms with E-state index in [2.05, 4.69) is 19.4 Å². The van der Waals surface area contributed by atoms with Crippen LogP contribution in [0.3, 0.4) is 0 Å². The van der Waals surface area contributed by atoms with Gasteiger partial charge < -0.3 is 14.9 Å². The lowest BCUT2D eigenvalue weighted by molar-refractivity contribution is -0.0230. The summed E-state index contributed by atoms with van der Waals surface area (Å²) in [6.45, 7) is 6.04. The number of aromatic nitrogens is 3. The second-order valence-electron chi connectivity index (χ2n) is 5.80. The van der Waals surface area contributed by atoms with E-state index in [9.17, 15) is 18.6 Å². The summed E-state index contributed by atoms with van der Waals surface area (Å²) in [7, 11) is -4.65. The molecule has 1 fully saturated rings. The molecule has 12 heteroatoms. The predicted molar refractivity (Wildman–Crippen MR) is 84.8 cm³/mol. The lowest BCUT2D eigenvalue weighted by Gasteiger charge is -2.15. The number of nitrogens with zero attached hydrogens (tertiary/aromatic N) is 4. The quantitative estimate of drug-likeness (QED) is 0.429. The van der Waals surface area contributed by atoms with Crippen LogP contribution in [0.4, 0.5) is 0 Å². The third-order valence-corrected chi connectivity index (χ3v) is 4.51. The summed E-state index contributed by atoms with van der Waals surface area (Å²) in [6.07, 6.45) is -2.76. The fraction of sp³-hybridized carbons (Fsp3) is 0.846. The number of hydrogen-bond acceptors (Lipinski definition) is 9. The van der Waals surface area contributed by atoms with Crippen LogP contribution in [0.15, 0.2) is 6.20 Å². The van der Waals surface area contributed by atoms with Crippen molar-refractivity contribution < 1.29 is 32.1 Å². The van der Waals surface area contributed by atoms with Crippen molar-refractivity contribution in [3.8, 4) is 0 Å². The van der Waals surface area contributed by atoms with E-state index in [-0.39, 0.29) is 6.54 Å². The summed E-state index contributed by atoms with van der Waals surface area (Å²) in [6, 6.07) is 0. The van der Waals surface area contributed by atoms with Gasteiger partial charge in [0.1, 0.15) is 24.4 Å². The average molecular weight is 380 g/mol. The van der Waals surface area contributed by atoms with Gasteiger partial charge in [-0.2, -0.15) is 8.42 Å². The molecule has 0 saturated carbocycles. The molecule has 0 aromatic carbocycles. The van der Waals surface area contributed by atoms with Crippen molar-refractivity contribution >= 4 is 10.4 Å². The highest BCUT2D eigenvalue weighted by atomic mass is 32.3. The normalized spacial score (nSPS) is 27.3. The Labute approximate surface area is 146 Å². The summed E-state index contributed by atoms with van der Waals surface area (Å²) >= 11 is 0. The highest BCUT2D eigenvalue weighted by molar-refractivity contribution is 7.80. The van der Waals surface area contributed by atoms with E-state index in [0.29, 0.717) is 6.54 Å². The summed E-state index contributed by atoms with van der Waals surface area (Å²) in [5.74, 6) is 0. The molecule has 0 bridgehead atoms. The minimum absolute atomic E-state index is 0.131. The maximum Gasteiger partial charge on any atom is 0.397 e. The van der Waals surface area contributed by atoms with E-state index >= 15 is 0 Å². The molecule has 1 aromatic heterocycles. The van der Waals surface area contributed by atoms with Gasteiger partial charge in [0.15, 0.2) is 0 Å². The Kier molecular flexibility index (Phi) is 6.85. The summed E-state index contributed by atoms with van der Waals surface area (Å²) in [4.78, 5) is 2.17. The van der Waals surface area contributed by atoms with Crippen LogP contribution in [0.25, 0.3) is 0 Å². The molecule has 0 aliphatic carbocycles. The molecular formula is C13H24N4O7S. The Balaban J connectivity index is 1.93. The molecule has 3 N–H and O–H groups in total. The number of aliphatic hydroxyl groups excluding tert-OH is 2. The summed E-state index contributed by atoms with van der Waals surface area (Å²) in [5, 5.41) is 28.0. The van der Waals surface area contributed by atoms with Gasteiger partial charge in [-0.25, -0.2) is 8.86 Å². The molecule has 2 heterocycles. The zero-order chi connectivity index (χ0) is 18.6. The van der Waals surface area contributed by atoms with Gasteiger partial charge in [0, 0.05) is 12.7 Å². The second-order valence-corrected chi connectivity index (χ2v) is 6.89. The van der Waals surface area contributed by atoms with Gasteiger partial charge in [-0.05, 0) is 13.1 Å². The molecule has 0 unspecified atom stereocenters. The average Bonchev–Trinajstić information content (AvgIpc) is 3.10. The smallest absolute Gasteiger partial charge is 0.388 e. The van der Waals surface area contributed by atoms with Crippen molar-refractivity contribution in [2.45, 2.75) is 51.4 Å². The molecule has 0 amide bonds. The second kappa shape index (κ2) is 8.49. The number of rotatable bonds is 9. The van der Waals surface area contributed by atoms with Gasteiger partial charge in [0.25, 0.3) is 0 Å². The molecule has 2 rings (SSSR count). The fourth-order valence-corrected chi connectivity index (χ4v) is 2.93. The number of aliphatic hydroxyl groups is 2. The molecule has 25 heavy (non-hydrogen) atoms. The summed E-state index contributed by atoms with van der Waals surface area (Å²) in [5.41, 5.74) is 0.767. The van der Waals surface area contributed by atoms with Crippen molar-refractivity contribution in [3.05, 3.63) is 11.9 Å². The first-order chi connectivity index (χ1) is 11.7. The van der Waals surface area contributed by atoms with E-state index in [1.54, 1.807) is 6.20 Å². The first kappa shape index (κ1) is 20.2. The Morgan fingerprint density at radius 3 is 2.52 bits per heavy atom. The van der Waals surface area contributed by atoms with Crippen molar-refractivity contribution in [1.29, 1.82) is 0 Å². The molecule has 0 spiro atoms. The zero-order valence-corrected chi connectivity index (χ0v) is 14.9. The largest absolute Gasteiger partial charge is 0.397 e. The van der Waals surface area contributed by atoms with Crippen LogP contribution in [0.1, 0.15) is 19.5 Å². The molecule has 1 aliphatic rings. The molecule has 0 radical (unpaired) electrons. The van der Waals surface area contributed by atoms with Crippen LogP contribution in [-0.2, 0) is 32.4 Å². The van der Waals surface area contributed by atoms with Crippen LogP contribution in [0.2, 0.25) is 0 Å². The molecule has 1 saturated heterocycles. The van der Waals surface area contributed by atoms with Crippen molar-refractivity contribution in [2.24, 2.45) is 0 Å². The van der Waals surface area contributed by atoms with Gasteiger partial charge in [-0.3, -0.25) is 9.45 Å². The van der Waals surface area contributed by atoms with E-state index in [1.165, 1.54) is 4.68 Å². The number of ether oxygens (including phenoxy) is 1. The van der Waals surface area contributed by atoms with Gasteiger partial charge >= 0.3 is 10.4 Å². The van der Waals surface area contributed by atoms with Crippen molar-refractivity contribution in [1.82, 2.24) is 19.9 Å². The third-order valence-electron chi connectivity index (χ3n) is 4.08. The lowest BCUT2D eigenvalue weighted by atomic mass is 10.1. The minimum Gasteiger partial charge on any atom is -0.388 e. The molecule has 144 valence electrons. The maximum absolute atomic E-state index is 10.6. The minimum atomic E-state index is -4.65. The third kappa shape index (κ3) is 5.67. The molecular weight excluding hydrogens is 356 g/mol. The van der Waals surface area contributed by atoms with Crippen molar-refractivity contribution in [2.75, 3.05) is 19.7 Å². The Morgan fingerprint density at radius 1 is 1.28 bits per heavy atom. The maximum atomic E-state index is 10.6. The molecule has 1 aliphatic heterocycles. The van der Waals surface area contributed by atoms with Crippen molar-refractivity contribution in [3.63, 3.8) is 0 Å². The highest BCUT2D eigenvalue weighted by Gasteiger charge is 2.43. The van der Waals surface area contributed by atoms with Crippen LogP contribution in [0.5, 0.6) is 0 Å². The Hall–Kier alpha value is -1.15. The lowest BCUT2D eigenvalue weighted by Crippen LogP contribution is -2.35. The Bertz CT molecular complexity index is 649. The summed E-state index contributed by atoms with van der Waals surface area (Å²) < 4.78 is 40.9. The predicted octanol–water partition coefficient (Wildman–Crippen LogP) is -1.57. The van der Waals surface area contributed by atoms with E-state index in [0.717, 1.165) is 18.8 Å². The van der Waals surface area contributed by atoms with Gasteiger partial charge in [-0.15, -0.1) is 5.10 Å². The fourth-order valence-electron chi connectivity index (χ4n) is 2.63. The van der Waals surface area contributed by atoms with E-state index < -0.39 is 41.4 Å². The van der Waals surface area contributed by atoms with Gasteiger partial charge in [0.05, 0.1) is 18.8 Å². The molecule has 11 nitrogen and oxygen atoms in total. The first-order valence-corrected chi connectivity index (χ1v) is 9.34. The first-order valence-electron chi connectivity index (χ1n) is 7.98. The van der Waals surface area contributed by atoms with E-state index in [1.807, 2.05) is 13.8 Å². The SMILES string of the molecule is CCN(CC)Cc1cn(C[C@@H]2O[C@H](COS(=O)(=O)O)[C@@H](O)[C@@H]2O)nn1. The van der Waals surface area contributed by atoms with Gasteiger partial charge in [-0.1, -0.05) is 19.1 Å². The standard InChI is InChI=1S/C13H24N4O7S/c1-3-16(4-2)5-9-6-17(15-14-9)7-10-12(18)13(19)11(24-10)8-23-25(20,21)22/h6,10-13,18-19H,3-5,7-8H2,1-2H3,(H,20,21,22)/t10-,11+,12+,13+/m0/s1. The Morgan fingerprint density at radius 2 is 1.92 bits per heavy atom. The van der Waals surface area contributed by atoms with E-state index in [4.69, 9.17) is 9.29 Å². The topological polar surface area (TPSA) is 147 Å². The molecule has 4 atom stereocenters. The zero-order valence-electron chi connectivity index (χ0n) is 14.1. The highest BCUT2D eigenvalue weighted by Crippen LogP contribution is 2.23. The van der Waals surface area contributed by atoms with Gasteiger partial charge in [0.2, 0.25) is 0 Å². The molecule has 1 aromatic rings.